The van der Waals surface area contributed by atoms with Crippen molar-refractivity contribution in [1.82, 2.24) is 0 Å². The number of carbonyl (C=O) groups is 1. The Morgan fingerprint density at radius 2 is 1.46 bits per heavy atom. The van der Waals surface area contributed by atoms with Crippen LogP contribution in [0.5, 0.6) is 0 Å². The molecule has 146 valence electrons. The summed E-state index contributed by atoms with van der Waals surface area (Å²) in [5.74, 6) is 4.82. The van der Waals surface area contributed by atoms with Crippen LogP contribution in [-0.4, -0.2) is 18.0 Å². The minimum absolute atomic E-state index is 0.00170. The van der Waals surface area contributed by atoms with Crippen LogP contribution >= 0.6 is 0 Å². The van der Waals surface area contributed by atoms with Gasteiger partial charge in [0, 0.05) is 5.41 Å². The lowest BCUT2D eigenvalue weighted by Crippen LogP contribution is -2.51. The number of rotatable bonds is 5. The van der Waals surface area contributed by atoms with Gasteiger partial charge in [0.2, 0.25) is 0 Å². The zero-order valence-corrected chi connectivity index (χ0v) is 16.8. The van der Waals surface area contributed by atoms with Gasteiger partial charge in [0.1, 0.15) is 6.61 Å². The lowest BCUT2D eigenvalue weighted by atomic mass is 9.48. The maximum atomic E-state index is 13.4. The van der Waals surface area contributed by atoms with Crippen LogP contribution in [-0.2, 0) is 9.53 Å². The van der Waals surface area contributed by atoms with E-state index in [9.17, 15) is 4.79 Å². The van der Waals surface area contributed by atoms with E-state index < -0.39 is 0 Å². The molecular formula is C24H38O2. The minimum atomic E-state index is 0.00170. The fourth-order valence-electron chi connectivity index (χ4n) is 8.32. The van der Waals surface area contributed by atoms with E-state index >= 15 is 0 Å². The quantitative estimate of drug-likeness (QED) is 0.609. The molecule has 2 nitrogen and oxygen atoms in total. The molecule has 6 rings (SSSR count). The second kappa shape index (κ2) is 6.61. The van der Waals surface area contributed by atoms with Crippen molar-refractivity contribution >= 4 is 5.78 Å². The van der Waals surface area contributed by atoms with Gasteiger partial charge in [0.15, 0.2) is 5.78 Å². The van der Waals surface area contributed by atoms with Crippen LogP contribution < -0.4 is 0 Å². The summed E-state index contributed by atoms with van der Waals surface area (Å²) in [5, 5.41) is 0. The molecule has 6 aliphatic rings. The van der Waals surface area contributed by atoms with Gasteiger partial charge in [0.25, 0.3) is 0 Å². The smallest absolute Gasteiger partial charge is 0.164 e. The maximum Gasteiger partial charge on any atom is 0.164 e. The van der Waals surface area contributed by atoms with E-state index in [2.05, 4.69) is 6.92 Å². The van der Waals surface area contributed by atoms with Gasteiger partial charge in [-0.2, -0.15) is 0 Å². The molecule has 6 fully saturated rings. The first-order chi connectivity index (χ1) is 12.6. The number of hydrogen-bond donors (Lipinski definition) is 0. The molecule has 0 aromatic carbocycles. The molecule has 0 aromatic heterocycles. The summed E-state index contributed by atoms with van der Waals surface area (Å²) >= 11 is 0. The van der Waals surface area contributed by atoms with E-state index in [1.54, 1.807) is 0 Å². The predicted molar refractivity (Wildman–Crippen MR) is 104 cm³/mol. The molecule has 6 bridgehead atoms. The monoisotopic (exact) mass is 358 g/mol. The Hall–Kier alpha value is -0.370. The number of hydrogen-bond acceptors (Lipinski definition) is 2. The first-order valence-electron chi connectivity index (χ1n) is 11.8. The Labute approximate surface area is 159 Å². The number of ether oxygens (including phenoxy) is 1. The highest BCUT2D eigenvalue weighted by Crippen LogP contribution is 2.60. The number of ketones is 1. The highest BCUT2D eigenvalue weighted by molar-refractivity contribution is 5.86. The Bertz CT molecular complexity index is 517. The molecule has 26 heavy (non-hydrogen) atoms. The van der Waals surface area contributed by atoms with Gasteiger partial charge in [-0.05, 0) is 100 Å². The van der Waals surface area contributed by atoms with Gasteiger partial charge in [-0.1, -0.05) is 26.2 Å². The lowest BCUT2D eigenvalue weighted by Gasteiger charge is -2.56. The first-order valence-corrected chi connectivity index (χ1v) is 11.8. The molecule has 0 N–H and O–H groups in total. The molecule has 2 heteroatoms. The summed E-state index contributed by atoms with van der Waals surface area (Å²) in [6.45, 7) is 2.71. The van der Waals surface area contributed by atoms with Crippen molar-refractivity contribution in [2.45, 2.75) is 102 Å². The maximum absolute atomic E-state index is 13.4. The largest absolute Gasteiger partial charge is 0.367 e. The Kier molecular flexibility index (Phi) is 4.50. The van der Waals surface area contributed by atoms with Gasteiger partial charge in [-0.25, -0.2) is 0 Å². The van der Waals surface area contributed by atoms with Crippen molar-refractivity contribution in [2.75, 3.05) is 6.61 Å². The summed E-state index contributed by atoms with van der Waals surface area (Å²) in [7, 11) is 0. The molecule has 0 radical (unpaired) electrons. The fourth-order valence-corrected chi connectivity index (χ4v) is 8.32. The molecule has 0 aliphatic heterocycles. The van der Waals surface area contributed by atoms with E-state index in [4.69, 9.17) is 4.74 Å². The zero-order chi connectivity index (χ0) is 17.8. The Morgan fingerprint density at radius 3 is 2.12 bits per heavy atom. The highest BCUT2D eigenvalue weighted by Gasteiger charge is 2.54. The number of carbonyl (C=O) groups excluding carboxylic acids is 1. The third kappa shape index (κ3) is 3.09. The molecular weight excluding hydrogens is 320 g/mol. The third-order valence-corrected chi connectivity index (χ3v) is 9.34. The average Bonchev–Trinajstić information content (AvgIpc) is 2.74. The molecule has 6 saturated carbocycles. The van der Waals surface area contributed by atoms with Crippen LogP contribution in [0.15, 0.2) is 0 Å². The van der Waals surface area contributed by atoms with Crippen molar-refractivity contribution in [3.8, 4) is 0 Å². The topological polar surface area (TPSA) is 26.3 Å². The second-order valence-electron chi connectivity index (χ2n) is 11.1. The van der Waals surface area contributed by atoms with Gasteiger partial charge in [-0.15, -0.1) is 0 Å². The SMILES string of the molecule is CC[C@@]1(OCC(=O)C23CC4CC(CC(C4)C2)C3)CC[C@H]2CCC[C@H](C2)C1. The van der Waals surface area contributed by atoms with Crippen molar-refractivity contribution in [2.24, 2.45) is 35.0 Å². The zero-order valence-electron chi connectivity index (χ0n) is 16.8. The first kappa shape index (κ1) is 17.7. The van der Waals surface area contributed by atoms with Gasteiger partial charge in [0.05, 0.1) is 5.60 Å². The van der Waals surface area contributed by atoms with Crippen molar-refractivity contribution in [1.29, 1.82) is 0 Å². The summed E-state index contributed by atoms with van der Waals surface area (Å²) < 4.78 is 6.61. The predicted octanol–water partition coefficient (Wildman–Crippen LogP) is 5.93. The lowest BCUT2D eigenvalue weighted by molar-refractivity contribution is -0.157. The van der Waals surface area contributed by atoms with Crippen LogP contribution in [0.25, 0.3) is 0 Å². The molecule has 0 spiro atoms. The van der Waals surface area contributed by atoms with E-state index in [0.717, 1.165) is 36.0 Å². The number of fused-ring (bicyclic) bond motifs is 2. The van der Waals surface area contributed by atoms with E-state index in [0.29, 0.717) is 12.4 Å². The summed E-state index contributed by atoms with van der Waals surface area (Å²) in [4.78, 5) is 13.4. The number of Topliss-reactive ketones (excluding diaryl/α,β-unsaturated/α-hetero) is 1. The summed E-state index contributed by atoms with van der Waals surface area (Å²) in [5.41, 5.74) is 0.0199. The van der Waals surface area contributed by atoms with Gasteiger partial charge in [-0.3, -0.25) is 4.79 Å². The molecule has 0 aromatic rings. The van der Waals surface area contributed by atoms with Crippen LogP contribution in [0.2, 0.25) is 0 Å². The standard InChI is InChI=1S/C24H38O2/c1-2-24(7-6-17-4-3-5-18(8-17)15-24)26-16-22(25)23-12-19-9-20(13-23)11-21(10-19)14-23/h17-21H,2-16H2,1H3/t17-,18-,19?,20?,21?,23?,24-/m1/s1. The van der Waals surface area contributed by atoms with E-state index in [1.807, 2.05) is 0 Å². The molecule has 3 atom stereocenters. The van der Waals surface area contributed by atoms with Gasteiger partial charge < -0.3 is 4.74 Å². The van der Waals surface area contributed by atoms with Crippen molar-refractivity contribution < 1.29 is 9.53 Å². The van der Waals surface area contributed by atoms with Crippen LogP contribution in [0.4, 0.5) is 0 Å². The second-order valence-corrected chi connectivity index (χ2v) is 11.1. The fraction of sp³-hybridized carbons (Fsp3) is 0.958. The van der Waals surface area contributed by atoms with Crippen LogP contribution in [0.3, 0.4) is 0 Å². The molecule has 0 amide bonds. The minimum Gasteiger partial charge on any atom is -0.367 e. The summed E-state index contributed by atoms with van der Waals surface area (Å²) in [6.07, 6.45) is 18.3. The van der Waals surface area contributed by atoms with E-state index in [1.165, 1.54) is 83.5 Å². The van der Waals surface area contributed by atoms with Crippen LogP contribution in [0.1, 0.15) is 96.8 Å². The normalized spacial score (nSPS) is 49.8. The average molecular weight is 359 g/mol. The van der Waals surface area contributed by atoms with Crippen molar-refractivity contribution in [3.63, 3.8) is 0 Å². The molecule has 6 aliphatic carbocycles. The highest BCUT2D eigenvalue weighted by atomic mass is 16.5. The van der Waals surface area contributed by atoms with Gasteiger partial charge >= 0.3 is 0 Å². The Balaban J connectivity index is 1.26. The summed E-state index contributed by atoms with van der Waals surface area (Å²) in [6, 6.07) is 0. The van der Waals surface area contributed by atoms with Crippen LogP contribution in [0, 0.1) is 35.0 Å². The Morgan fingerprint density at radius 1 is 0.846 bits per heavy atom. The molecule has 0 saturated heterocycles. The third-order valence-electron chi connectivity index (χ3n) is 9.34. The van der Waals surface area contributed by atoms with E-state index in [-0.39, 0.29) is 11.0 Å². The molecule has 0 unspecified atom stereocenters. The molecule has 0 heterocycles. The van der Waals surface area contributed by atoms with Crippen molar-refractivity contribution in [3.05, 3.63) is 0 Å².